The molecule has 36 heavy (non-hydrogen) atoms. The SMILES string of the molecule is Cc1ccc(N2CCCN(Cc3cccc(OC(F)(F)F)c3)C2=O)c(NS(=O)(=O)c2ccccc2)c1. The molecular formula is C25H24F3N3O4S. The zero-order valence-corrected chi connectivity index (χ0v) is 20.1. The molecule has 1 saturated heterocycles. The highest BCUT2D eigenvalue weighted by atomic mass is 32.2. The van der Waals surface area contributed by atoms with Crippen LogP contribution in [-0.2, 0) is 16.6 Å². The second kappa shape index (κ2) is 10.1. The molecule has 0 bridgehead atoms. The summed E-state index contributed by atoms with van der Waals surface area (Å²) in [7, 11) is -3.90. The van der Waals surface area contributed by atoms with Gasteiger partial charge in [0.1, 0.15) is 5.75 Å². The number of carbonyl (C=O) groups excluding carboxylic acids is 1. The molecule has 0 aliphatic carbocycles. The van der Waals surface area contributed by atoms with Crippen LogP contribution in [0.2, 0.25) is 0 Å². The number of sulfonamides is 1. The molecule has 0 saturated carbocycles. The van der Waals surface area contributed by atoms with Crippen LogP contribution in [-0.4, -0.2) is 38.8 Å². The Labute approximate surface area is 207 Å². The summed E-state index contributed by atoms with van der Waals surface area (Å²) < 4.78 is 70.2. The first-order valence-corrected chi connectivity index (χ1v) is 12.6. The molecule has 0 radical (unpaired) electrons. The van der Waals surface area contributed by atoms with E-state index in [1.165, 1.54) is 40.1 Å². The Bertz CT molecular complexity index is 1350. The van der Waals surface area contributed by atoms with Crippen molar-refractivity contribution >= 4 is 27.4 Å². The average molecular weight is 520 g/mol. The number of carbonyl (C=O) groups is 1. The maximum Gasteiger partial charge on any atom is 0.573 e. The van der Waals surface area contributed by atoms with Crippen LogP contribution in [0.15, 0.2) is 77.7 Å². The summed E-state index contributed by atoms with van der Waals surface area (Å²) in [5.74, 6) is -0.363. The summed E-state index contributed by atoms with van der Waals surface area (Å²) >= 11 is 0. The van der Waals surface area contributed by atoms with E-state index in [0.29, 0.717) is 30.8 Å². The zero-order valence-electron chi connectivity index (χ0n) is 19.3. The first-order valence-electron chi connectivity index (χ1n) is 11.1. The molecule has 1 heterocycles. The summed E-state index contributed by atoms with van der Waals surface area (Å²) in [6.07, 6.45) is -4.23. The van der Waals surface area contributed by atoms with E-state index in [9.17, 15) is 26.4 Å². The van der Waals surface area contributed by atoms with Gasteiger partial charge in [0, 0.05) is 19.6 Å². The lowest BCUT2D eigenvalue weighted by Crippen LogP contribution is -2.49. The smallest absolute Gasteiger partial charge is 0.406 e. The number of aryl methyl sites for hydroxylation is 1. The first kappa shape index (κ1) is 25.4. The lowest BCUT2D eigenvalue weighted by Gasteiger charge is -2.36. The predicted molar refractivity (Wildman–Crippen MR) is 129 cm³/mol. The molecule has 2 amide bonds. The van der Waals surface area contributed by atoms with E-state index in [4.69, 9.17) is 0 Å². The molecule has 0 atom stereocenters. The highest BCUT2D eigenvalue weighted by molar-refractivity contribution is 7.92. The zero-order chi connectivity index (χ0) is 25.9. The Hall–Kier alpha value is -3.73. The third-order valence-corrected chi connectivity index (χ3v) is 6.94. The average Bonchev–Trinajstić information content (AvgIpc) is 2.80. The molecule has 0 aromatic heterocycles. The van der Waals surface area contributed by atoms with Gasteiger partial charge in [0.05, 0.1) is 16.3 Å². The molecular weight excluding hydrogens is 495 g/mol. The van der Waals surface area contributed by atoms with Crippen LogP contribution in [0.1, 0.15) is 17.5 Å². The Morgan fingerprint density at radius 3 is 2.44 bits per heavy atom. The Kier molecular flexibility index (Phi) is 7.11. The van der Waals surface area contributed by atoms with Crippen LogP contribution in [0.5, 0.6) is 5.75 Å². The van der Waals surface area contributed by atoms with Crippen molar-refractivity contribution in [1.82, 2.24) is 4.90 Å². The third kappa shape index (κ3) is 6.09. The minimum Gasteiger partial charge on any atom is -0.406 e. The summed E-state index contributed by atoms with van der Waals surface area (Å²) in [6, 6.07) is 18.1. The van der Waals surface area contributed by atoms with Gasteiger partial charge in [0.2, 0.25) is 0 Å². The van der Waals surface area contributed by atoms with E-state index in [1.807, 2.05) is 6.92 Å². The number of hydrogen-bond acceptors (Lipinski definition) is 4. The first-order chi connectivity index (χ1) is 17.0. The van der Waals surface area contributed by atoms with Gasteiger partial charge in [-0.15, -0.1) is 13.2 Å². The second-order valence-corrected chi connectivity index (χ2v) is 10.0. The van der Waals surface area contributed by atoms with Crippen molar-refractivity contribution in [2.75, 3.05) is 22.7 Å². The van der Waals surface area contributed by atoms with Crippen LogP contribution in [0, 0.1) is 6.92 Å². The van der Waals surface area contributed by atoms with Crippen molar-refractivity contribution in [1.29, 1.82) is 0 Å². The maximum atomic E-state index is 13.4. The van der Waals surface area contributed by atoms with E-state index in [1.54, 1.807) is 42.5 Å². The molecule has 3 aromatic carbocycles. The van der Waals surface area contributed by atoms with Crippen LogP contribution >= 0.6 is 0 Å². The highest BCUT2D eigenvalue weighted by Crippen LogP contribution is 2.32. The molecule has 1 aliphatic heterocycles. The molecule has 0 unspecified atom stereocenters. The molecule has 7 nitrogen and oxygen atoms in total. The van der Waals surface area contributed by atoms with Gasteiger partial charge in [-0.3, -0.25) is 9.62 Å². The standard InChI is InChI=1S/C25H24F3N3O4S/c1-18-11-12-23(22(15-18)29-36(33,34)21-9-3-2-4-10-21)31-14-6-13-30(24(31)32)17-19-7-5-8-20(16-19)35-25(26,27)28/h2-5,7-12,15-16,29H,6,13-14,17H2,1H3. The highest BCUT2D eigenvalue weighted by Gasteiger charge is 2.32. The second-order valence-electron chi connectivity index (χ2n) is 8.34. The number of nitrogens with zero attached hydrogens (tertiary/aromatic N) is 2. The topological polar surface area (TPSA) is 79.0 Å². The summed E-state index contributed by atoms with van der Waals surface area (Å²) in [6.45, 7) is 2.64. The van der Waals surface area contributed by atoms with E-state index >= 15 is 0 Å². The van der Waals surface area contributed by atoms with Crippen LogP contribution in [0.25, 0.3) is 0 Å². The van der Waals surface area contributed by atoms with Gasteiger partial charge in [0.25, 0.3) is 10.0 Å². The molecule has 1 N–H and O–H groups in total. The Morgan fingerprint density at radius 1 is 0.972 bits per heavy atom. The van der Waals surface area contributed by atoms with Crippen molar-refractivity contribution in [3.63, 3.8) is 0 Å². The number of halogens is 3. The van der Waals surface area contributed by atoms with Gasteiger partial charge in [-0.25, -0.2) is 13.2 Å². The van der Waals surface area contributed by atoms with E-state index in [-0.39, 0.29) is 28.9 Å². The summed E-state index contributed by atoms with van der Waals surface area (Å²) in [5.41, 5.74) is 1.92. The number of alkyl halides is 3. The number of benzene rings is 3. The van der Waals surface area contributed by atoms with Crippen molar-refractivity contribution in [3.8, 4) is 5.75 Å². The number of anilines is 2. The number of ether oxygens (including phenoxy) is 1. The lowest BCUT2D eigenvalue weighted by molar-refractivity contribution is -0.274. The van der Waals surface area contributed by atoms with Gasteiger partial charge in [-0.2, -0.15) is 0 Å². The molecule has 11 heteroatoms. The fourth-order valence-electron chi connectivity index (χ4n) is 3.98. The van der Waals surface area contributed by atoms with Gasteiger partial charge in [-0.1, -0.05) is 36.4 Å². The largest absolute Gasteiger partial charge is 0.573 e. The Morgan fingerprint density at radius 2 is 1.72 bits per heavy atom. The molecule has 0 spiro atoms. The van der Waals surface area contributed by atoms with Crippen LogP contribution in [0.3, 0.4) is 0 Å². The number of urea groups is 1. The number of amides is 2. The normalized spacial score (nSPS) is 14.6. The minimum atomic E-state index is -4.81. The van der Waals surface area contributed by atoms with E-state index in [2.05, 4.69) is 9.46 Å². The molecule has 1 fully saturated rings. The molecule has 1 aliphatic rings. The minimum absolute atomic E-state index is 0.0708. The Balaban J connectivity index is 1.57. The van der Waals surface area contributed by atoms with Gasteiger partial charge in [0.15, 0.2) is 0 Å². The van der Waals surface area contributed by atoms with Crippen LogP contribution < -0.4 is 14.4 Å². The van der Waals surface area contributed by atoms with Crippen molar-refractivity contribution in [2.45, 2.75) is 31.1 Å². The third-order valence-electron chi connectivity index (χ3n) is 5.56. The quantitative estimate of drug-likeness (QED) is 0.446. The van der Waals surface area contributed by atoms with Crippen molar-refractivity contribution in [3.05, 3.63) is 83.9 Å². The van der Waals surface area contributed by atoms with Gasteiger partial charge >= 0.3 is 12.4 Å². The fraction of sp³-hybridized carbons (Fsp3) is 0.240. The van der Waals surface area contributed by atoms with E-state index < -0.39 is 16.4 Å². The number of nitrogens with one attached hydrogen (secondary N) is 1. The fourth-order valence-corrected chi connectivity index (χ4v) is 5.07. The van der Waals surface area contributed by atoms with Crippen molar-refractivity contribution in [2.24, 2.45) is 0 Å². The van der Waals surface area contributed by atoms with Gasteiger partial charge in [-0.05, 0) is 60.9 Å². The molecule has 190 valence electrons. The summed E-state index contributed by atoms with van der Waals surface area (Å²) in [4.78, 5) is 16.4. The molecule has 4 rings (SSSR count). The lowest BCUT2D eigenvalue weighted by atomic mass is 10.1. The number of rotatable bonds is 7. The number of hydrogen-bond donors (Lipinski definition) is 1. The van der Waals surface area contributed by atoms with E-state index in [0.717, 1.165) is 5.56 Å². The van der Waals surface area contributed by atoms with Gasteiger partial charge < -0.3 is 9.64 Å². The maximum absolute atomic E-state index is 13.4. The van der Waals surface area contributed by atoms with Crippen molar-refractivity contribution < 1.29 is 31.1 Å². The predicted octanol–water partition coefficient (Wildman–Crippen LogP) is 5.53. The summed E-state index contributed by atoms with van der Waals surface area (Å²) in [5, 5.41) is 0. The van der Waals surface area contributed by atoms with Crippen LogP contribution in [0.4, 0.5) is 29.3 Å². The molecule has 3 aromatic rings. The monoisotopic (exact) mass is 519 g/mol.